The Morgan fingerprint density at radius 2 is 2.19 bits per heavy atom. The van der Waals surface area contributed by atoms with Crippen LogP contribution in [0.1, 0.15) is 12.5 Å². The third kappa shape index (κ3) is 2.75. The molecule has 142 valence electrons. The Bertz CT molecular complexity index is 919. The number of rotatable bonds is 6. The monoisotopic (exact) mass is 367 g/mol. The highest BCUT2D eigenvalue weighted by Gasteiger charge is 2.61. The second-order valence-electron chi connectivity index (χ2n) is 7.69. The molecule has 6 nitrogen and oxygen atoms in total. The fourth-order valence-corrected chi connectivity index (χ4v) is 4.70. The van der Waals surface area contributed by atoms with E-state index in [-0.39, 0.29) is 12.5 Å². The molecule has 1 aromatic carbocycles. The topological polar surface area (TPSA) is 65.8 Å². The number of amides is 1. The lowest BCUT2D eigenvalue weighted by atomic mass is 9.81. The van der Waals surface area contributed by atoms with Crippen molar-refractivity contribution in [2.24, 2.45) is 11.3 Å². The number of fused-ring (bicyclic) bond motifs is 2. The fourth-order valence-electron chi connectivity index (χ4n) is 4.70. The van der Waals surface area contributed by atoms with Crippen molar-refractivity contribution in [3.63, 3.8) is 0 Å². The lowest BCUT2D eigenvalue weighted by Gasteiger charge is -2.24. The number of likely N-dealkylation sites (tertiary alicyclic amines) is 2. The molecule has 1 amide bonds. The molecule has 2 aromatic rings. The van der Waals surface area contributed by atoms with E-state index in [4.69, 9.17) is 0 Å². The van der Waals surface area contributed by atoms with Gasteiger partial charge in [0.05, 0.1) is 5.92 Å². The summed E-state index contributed by atoms with van der Waals surface area (Å²) in [5.41, 5.74) is 1.33. The van der Waals surface area contributed by atoms with Crippen LogP contribution < -0.4 is 0 Å². The highest BCUT2D eigenvalue weighted by atomic mass is 16.4. The van der Waals surface area contributed by atoms with E-state index in [9.17, 15) is 14.7 Å². The minimum atomic E-state index is -1.01. The van der Waals surface area contributed by atoms with Crippen LogP contribution in [-0.4, -0.2) is 57.5 Å². The lowest BCUT2D eigenvalue weighted by molar-refractivity contribution is -0.149. The first-order valence-corrected chi connectivity index (χ1v) is 9.41. The van der Waals surface area contributed by atoms with Crippen LogP contribution in [0.4, 0.5) is 0 Å². The molecule has 0 unspecified atom stereocenters. The smallest absolute Gasteiger partial charge is 0.313 e. The second kappa shape index (κ2) is 6.53. The average molecular weight is 367 g/mol. The first-order chi connectivity index (χ1) is 13.0. The van der Waals surface area contributed by atoms with Gasteiger partial charge in [0.15, 0.2) is 0 Å². The van der Waals surface area contributed by atoms with Gasteiger partial charge in [0.1, 0.15) is 5.41 Å². The Balaban J connectivity index is 1.56. The zero-order valence-corrected chi connectivity index (χ0v) is 15.6. The van der Waals surface area contributed by atoms with Gasteiger partial charge in [0.25, 0.3) is 0 Å². The molecule has 0 radical (unpaired) electrons. The van der Waals surface area contributed by atoms with E-state index in [0.29, 0.717) is 26.2 Å². The highest BCUT2D eigenvalue weighted by Crippen LogP contribution is 2.44. The van der Waals surface area contributed by atoms with Crippen LogP contribution in [0.25, 0.3) is 10.9 Å². The molecule has 0 saturated carbocycles. The Hall–Kier alpha value is -2.60. The standard InChI is InChI=1S/C21H25N3O3/c1-3-8-24-14-21(20(26)27)13-22(12-17(21)19(24)25)11-15-5-6-16-7-9-23(4-2)18(16)10-15/h3,5-7,9-10,17H,1,4,8,11-14H2,2H3,(H,26,27)/t17-,21-/m0/s1. The molecule has 1 aromatic heterocycles. The SMILES string of the molecule is C=CCN1C[C@@]2(C(=O)O)CN(Cc3ccc4ccn(CC)c4c3)C[C@H]2C1=O. The zero-order valence-electron chi connectivity index (χ0n) is 15.6. The maximum absolute atomic E-state index is 12.7. The first-order valence-electron chi connectivity index (χ1n) is 9.41. The van der Waals surface area contributed by atoms with Crippen LogP contribution in [0.5, 0.6) is 0 Å². The molecular formula is C21H25N3O3. The summed E-state index contributed by atoms with van der Waals surface area (Å²) in [5, 5.41) is 11.1. The molecule has 0 bridgehead atoms. The van der Waals surface area contributed by atoms with E-state index in [1.807, 2.05) is 0 Å². The Morgan fingerprint density at radius 3 is 2.85 bits per heavy atom. The quantitative estimate of drug-likeness (QED) is 0.795. The molecule has 2 aliphatic rings. The summed E-state index contributed by atoms with van der Waals surface area (Å²) in [6, 6.07) is 8.48. The van der Waals surface area contributed by atoms with Gasteiger partial charge in [-0.25, -0.2) is 0 Å². The van der Waals surface area contributed by atoms with Crippen molar-refractivity contribution >= 4 is 22.8 Å². The predicted molar refractivity (Wildman–Crippen MR) is 103 cm³/mol. The third-order valence-electron chi connectivity index (χ3n) is 6.06. The van der Waals surface area contributed by atoms with Crippen LogP contribution in [0.15, 0.2) is 43.1 Å². The molecule has 27 heavy (non-hydrogen) atoms. The Kier molecular flexibility index (Phi) is 4.30. The van der Waals surface area contributed by atoms with Gasteiger partial charge >= 0.3 is 5.97 Å². The van der Waals surface area contributed by atoms with Crippen molar-refractivity contribution in [2.45, 2.75) is 20.0 Å². The summed E-state index contributed by atoms with van der Waals surface area (Å²) in [5.74, 6) is -1.40. The number of hydrogen-bond acceptors (Lipinski definition) is 3. The lowest BCUT2D eigenvalue weighted by Crippen LogP contribution is -2.40. The molecule has 2 aliphatic heterocycles. The number of carboxylic acid groups (broad SMARTS) is 1. The molecule has 0 aliphatic carbocycles. The van der Waals surface area contributed by atoms with Crippen LogP contribution in [-0.2, 0) is 22.7 Å². The van der Waals surface area contributed by atoms with Crippen LogP contribution in [0.2, 0.25) is 0 Å². The number of carbonyl (C=O) groups excluding carboxylic acids is 1. The minimum Gasteiger partial charge on any atom is -0.481 e. The third-order valence-corrected chi connectivity index (χ3v) is 6.06. The van der Waals surface area contributed by atoms with E-state index in [1.54, 1.807) is 11.0 Å². The number of benzene rings is 1. The number of aromatic nitrogens is 1. The van der Waals surface area contributed by atoms with E-state index in [1.165, 1.54) is 10.9 Å². The largest absolute Gasteiger partial charge is 0.481 e. The van der Waals surface area contributed by atoms with Gasteiger partial charge in [-0.3, -0.25) is 14.5 Å². The van der Waals surface area contributed by atoms with E-state index >= 15 is 0 Å². The molecular weight excluding hydrogens is 342 g/mol. The zero-order chi connectivity index (χ0) is 19.2. The van der Waals surface area contributed by atoms with Gasteiger partial charge < -0.3 is 14.6 Å². The van der Waals surface area contributed by atoms with Gasteiger partial charge in [0.2, 0.25) is 5.91 Å². The van der Waals surface area contributed by atoms with Crippen molar-refractivity contribution in [3.05, 3.63) is 48.7 Å². The molecule has 2 atom stereocenters. The highest BCUT2D eigenvalue weighted by molar-refractivity contribution is 5.92. The molecule has 2 fully saturated rings. The number of aryl methyl sites for hydroxylation is 1. The number of carbonyl (C=O) groups is 2. The summed E-state index contributed by atoms with van der Waals surface area (Å²) in [4.78, 5) is 28.5. The van der Waals surface area contributed by atoms with Crippen molar-refractivity contribution in [1.29, 1.82) is 0 Å². The van der Waals surface area contributed by atoms with Crippen molar-refractivity contribution < 1.29 is 14.7 Å². The Morgan fingerprint density at radius 1 is 1.37 bits per heavy atom. The number of aliphatic carboxylic acids is 1. The summed E-state index contributed by atoms with van der Waals surface area (Å²) in [6.07, 6.45) is 3.74. The molecule has 1 N–H and O–H groups in total. The van der Waals surface area contributed by atoms with Crippen molar-refractivity contribution in [1.82, 2.24) is 14.4 Å². The van der Waals surface area contributed by atoms with Gasteiger partial charge in [-0.2, -0.15) is 0 Å². The van der Waals surface area contributed by atoms with Crippen molar-refractivity contribution in [2.75, 3.05) is 26.2 Å². The number of carboxylic acids is 1. The Labute approximate surface area is 158 Å². The molecule has 2 saturated heterocycles. The van der Waals surface area contributed by atoms with Gasteiger partial charge in [-0.05, 0) is 30.0 Å². The van der Waals surface area contributed by atoms with E-state index in [0.717, 1.165) is 12.1 Å². The van der Waals surface area contributed by atoms with Crippen LogP contribution in [0, 0.1) is 11.3 Å². The second-order valence-corrected chi connectivity index (χ2v) is 7.69. The fraction of sp³-hybridized carbons (Fsp3) is 0.429. The molecule has 0 spiro atoms. The van der Waals surface area contributed by atoms with E-state index < -0.39 is 17.3 Å². The van der Waals surface area contributed by atoms with Gasteiger partial charge in [0, 0.05) is 51.0 Å². The normalized spacial score (nSPS) is 25.3. The summed E-state index contributed by atoms with van der Waals surface area (Å²) < 4.78 is 2.20. The maximum atomic E-state index is 12.7. The average Bonchev–Trinajstić information content (AvgIpc) is 3.28. The van der Waals surface area contributed by atoms with Gasteiger partial charge in [-0.1, -0.05) is 18.2 Å². The van der Waals surface area contributed by atoms with E-state index in [2.05, 4.69) is 53.4 Å². The summed E-state index contributed by atoms with van der Waals surface area (Å²) in [6.45, 7) is 8.93. The number of nitrogens with zero attached hydrogens (tertiary/aromatic N) is 3. The molecule has 3 heterocycles. The maximum Gasteiger partial charge on any atom is 0.313 e. The van der Waals surface area contributed by atoms with Crippen molar-refractivity contribution in [3.8, 4) is 0 Å². The predicted octanol–water partition coefficient (Wildman–Crippen LogP) is 2.19. The molecule has 6 heteroatoms. The van der Waals surface area contributed by atoms with Crippen LogP contribution in [0.3, 0.4) is 0 Å². The number of hydrogen-bond donors (Lipinski definition) is 1. The summed E-state index contributed by atoms with van der Waals surface area (Å²) >= 11 is 0. The molecule has 4 rings (SSSR count). The first kappa shape index (κ1) is 17.8. The minimum absolute atomic E-state index is 0.0601. The van der Waals surface area contributed by atoms with Crippen LogP contribution >= 0.6 is 0 Å². The van der Waals surface area contributed by atoms with Gasteiger partial charge in [-0.15, -0.1) is 6.58 Å². The summed E-state index contributed by atoms with van der Waals surface area (Å²) in [7, 11) is 0.